The van der Waals surface area contributed by atoms with Gasteiger partial charge in [-0.05, 0) is 106 Å². The Hall–Kier alpha value is -6.54. The summed E-state index contributed by atoms with van der Waals surface area (Å²) in [5.41, 5.74) is 2.08. The van der Waals surface area contributed by atoms with Gasteiger partial charge in [0.25, 0.3) is 11.8 Å². The van der Waals surface area contributed by atoms with E-state index in [4.69, 9.17) is 119 Å². The highest BCUT2D eigenvalue weighted by molar-refractivity contribution is 7.86. The van der Waals surface area contributed by atoms with Crippen LogP contribution in [0.1, 0.15) is 122 Å². The molecule has 6 rings (SSSR count). The topological polar surface area (TPSA) is 492 Å². The number of unbranched alkanes of at least 4 members (excludes halogenated alkanes) is 5. The molecule has 3 aliphatic heterocycles. The maximum atomic E-state index is 12.9. The smallest absolute Gasteiger partial charge is 0.333 e. The number of hydrogen-bond donors (Lipinski definition) is 1. The molecule has 3 aliphatic rings. The second-order valence-corrected chi connectivity index (χ2v) is 37.3. The average Bonchev–Trinajstić information content (AvgIpc) is 1.55. The van der Waals surface area contributed by atoms with Gasteiger partial charge >= 0.3 is 5.97 Å². The molecule has 3 amide bonds. The summed E-state index contributed by atoms with van der Waals surface area (Å²) in [6, 6.07) is 9.13. The van der Waals surface area contributed by atoms with Crippen molar-refractivity contribution in [2.24, 2.45) is 0 Å². The van der Waals surface area contributed by atoms with Crippen molar-refractivity contribution in [1.82, 2.24) is 10.4 Å². The van der Waals surface area contributed by atoms with Crippen LogP contribution in [0.25, 0.3) is 10.8 Å². The molecular formula is C97H154N4O38S3-2. The number of rotatable bonds is 94. The van der Waals surface area contributed by atoms with Gasteiger partial charge in [-0.25, -0.2) is 30.0 Å². The molecule has 0 spiro atoms. The molecule has 142 heavy (non-hydrogen) atoms. The van der Waals surface area contributed by atoms with Gasteiger partial charge in [-0.15, -0.1) is 5.06 Å². The van der Waals surface area contributed by atoms with Crippen LogP contribution >= 0.6 is 0 Å². The summed E-state index contributed by atoms with van der Waals surface area (Å²) >= 11 is 0. The lowest BCUT2D eigenvalue weighted by atomic mass is 9.75. The normalized spacial score (nSPS) is 15.4. The minimum Gasteiger partial charge on any atom is -0.744 e. The minimum atomic E-state index is -5.33. The van der Waals surface area contributed by atoms with Crippen LogP contribution in [-0.4, -0.2) is 415 Å². The van der Waals surface area contributed by atoms with Gasteiger partial charge in [0.2, 0.25) is 11.6 Å². The monoisotopic (exact) mass is 2080 g/mol. The molecule has 1 atom stereocenters. The third-order valence-corrected chi connectivity index (χ3v) is 24.7. The zero-order chi connectivity index (χ0) is 102. The molecule has 0 bridgehead atoms. The zero-order valence-corrected chi connectivity index (χ0v) is 86.0. The number of hydrogen-bond acceptors (Lipinski definition) is 39. The first-order valence-electron chi connectivity index (χ1n) is 49.1. The van der Waals surface area contributed by atoms with Crippen LogP contribution in [0, 0.1) is 0 Å². The van der Waals surface area contributed by atoms with Gasteiger partial charge in [-0.2, -0.15) is 4.58 Å². The lowest BCUT2D eigenvalue weighted by Gasteiger charge is -2.31. The van der Waals surface area contributed by atoms with Gasteiger partial charge in [0.1, 0.15) is 36.9 Å². The van der Waals surface area contributed by atoms with Crippen LogP contribution in [0.3, 0.4) is 0 Å². The Labute approximate surface area is 837 Å². The van der Waals surface area contributed by atoms with Gasteiger partial charge in [0.15, 0.2) is 5.71 Å². The summed E-state index contributed by atoms with van der Waals surface area (Å²) < 4.78 is 248. The van der Waals surface area contributed by atoms with Gasteiger partial charge < -0.3 is 142 Å². The molecule has 0 aromatic heterocycles. The molecule has 3 heterocycles. The minimum absolute atomic E-state index is 0.0613. The van der Waals surface area contributed by atoms with Gasteiger partial charge in [-0.3, -0.25) is 14.4 Å². The highest BCUT2D eigenvalue weighted by atomic mass is 32.2. The summed E-state index contributed by atoms with van der Waals surface area (Å²) in [5.74, 6) is -2.11. The highest BCUT2D eigenvalue weighted by Gasteiger charge is 2.46. The van der Waals surface area contributed by atoms with E-state index >= 15 is 0 Å². The fourth-order valence-electron chi connectivity index (χ4n) is 15.0. The first kappa shape index (κ1) is 124. The van der Waals surface area contributed by atoms with E-state index in [2.05, 4.69) is 9.89 Å². The standard InChI is InChI=1S/C97H156N4O38S3/c1-6-7-29-100-87-24-22-83-84(78-82(141(109,110)111)80-88(83)142(112,113)114)95(87)97(4,27-15-9-14-20-94(105)139-101-92(103)25-26-93(101)104)90(100)18-12-8-11-17-89-96(2,3)85-79-81(140(106,107)108)21-23-86(85)99(89)30-16-10-13-19-91(102)98-28-31-116-34-35-118-38-39-120-42-43-122-46-47-124-50-51-126-54-55-128-58-59-130-62-63-132-66-67-134-70-71-136-74-75-138-77-76-137-73-72-135-69-68-133-65-64-131-61-60-129-57-56-127-53-52-125-49-48-123-45-44-121-41-40-119-37-36-117-33-32-115-5/h8,11-12,17-18,21-24,78-80H,6-7,9-10,13-16,19-20,25-77H2,1-5H3,(H3-,98,102,106,107,108,109,110,111,112,113,114)/p-2. The Morgan fingerprint density at radius 1 is 0.408 bits per heavy atom. The van der Waals surface area contributed by atoms with Crippen molar-refractivity contribution in [3.05, 3.63) is 89.7 Å². The molecule has 1 fully saturated rings. The van der Waals surface area contributed by atoms with Crippen LogP contribution in [0.2, 0.25) is 0 Å². The van der Waals surface area contributed by atoms with Gasteiger partial charge in [0.05, 0.1) is 331 Å². The van der Waals surface area contributed by atoms with Crippen molar-refractivity contribution in [3.63, 3.8) is 0 Å². The molecule has 3 aromatic rings. The maximum Gasteiger partial charge on any atom is 0.333 e. The fraction of sp³-hybridized carbons (Fsp3) is 0.722. The van der Waals surface area contributed by atoms with Crippen molar-refractivity contribution in [2.45, 2.75) is 137 Å². The average molecular weight is 2080 g/mol. The Bertz CT molecular complexity index is 4470. The molecule has 1 saturated heterocycles. The van der Waals surface area contributed by atoms with Crippen molar-refractivity contribution in [3.8, 4) is 0 Å². The number of hydroxylamine groups is 2. The number of benzene rings is 3. The predicted octanol–water partition coefficient (Wildman–Crippen LogP) is 6.77. The summed E-state index contributed by atoms with van der Waals surface area (Å²) in [4.78, 5) is 54.9. The predicted molar refractivity (Wildman–Crippen MR) is 516 cm³/mol. The fourth-order valence-corrected chi connectivity index (χ4v) is 16.8. The van der Waals surface area contributed by atoms with Crippen LogP contribution < -0.4 is 10.2 Å². The maximum absolute atomic E-state index is 12.9. The van der Waals surface area contributed by atoms with Gasteiger partial charge in [0, 0.05) is 86.8 Å². The number of carbonyl (C=O) groups excluding carboxylic acids is 4. The Balaban J connectivity index is 0.686. The molecule has 1 N–H and O–H groups in total. The highest BCUT2D eigenvalue weighted by Crippen LogP contribution is 2.54. The summed E-state index contributed by atoms with van der Waals surface area (Å²) in [6.07, 6.45) is 14.1. The van der Waals surface area contributed by atoms with E-state index in [0.29, 0.717) is 415 Å². The second-order valence-electron chi connectivity index (χ2n) is 33.2. The Morgan fingerprint density at radius 2 is 0.782 bits per heavy atom. The van der Waals surface area contributed by atoms with Crippen LogP contribution in [-0.2, 0) is 179 Å². The van der Waals surface area contributed by atoms with Crippen molar-refractivity contribution in [2.75, 3.05) is 342 Å². The summed E-state index contributed by atoms with van der Waals surface area (Å²) in [5, 5.41) is 3.39. The number of nitrogens with one attached hydrogen (secondary N) is 1. The van der Waals surface area contributed by atoms with Crippen LogP contribution in [0.5, 0.6) is 0 Å². The molecule has 3 aromatic carbocycles. The second kappa shape index (κ2) is 75.2. The van der Waals surface area contributed by atoms with Crippen molar-refractivity contribution < 1.29 is 181 Å². The third kappa shape index (κ3) is 51.4. The van der Waals surface area contributed by atoms with Crippen LogP contribution in [0.15, 0.2) is 93.2 Å². The van der Waals surface area contributed by atoms with Crippen LogP contribution in [0.4, 0.5) is 11.4 Å². The molecule has 1 unspecified atom stereocenters. The molecule has 0 aliphatic carbocycles. The van der Waals surface area contributed by atoms with E-state index in [1.54, 1.807) is 25.3 Å². The number of imide groups is 1. The molecular weight excluding hydrogens is 1930 g/mol. The Morgan fingerprint density at radius 3 is 1.15 bits per heavy atom. The number of nitrogens with zero attached hydrogens (tertiary/aromatic N) is 3. The molecule has 45 heteroatoms. The quantitative estimate of drug-likeness (QED) is 0.0200. The summed E-state index contributed by atoms with van der Waals surface area (Å²) in [7, 11) is -13.8. The van der Waals surface area contributed by atoms with E-state index in [9.17, 15) is 58.1 Å². The first-order chi connectivity index (χ1) is 68.8. The van der Waals surface area contributed by atoms with E-state index in [1.807, 2.05) is 56.9 Å². The van der Waals surface area contributed by atoms with E-state index in [0.717, 1.165) is 23.9 Å². The molecule has 0 radical (unpaired) electrons. The van der Waals surface area contributed by atoms with Gasteiger partial charge in [-0.1, -0.05) is 50.5 Å². The SMILES string of the molecule is CCCCN1C(=CC=CC=CC2=[N+](CCCCCC(=O)NCCOCCOCCOCCOCCOCCOCCOCCOCCOCCOCCOCCOCCOCCOCCOCCOCCOCCOCCOCCOCCOCCOCCOCCOC)c3ccc(S(=O)(=O)[O-])cc3C2(C)C)C(C)(CCCCCC(=O)ON2C(=O)CCC2=O)c2c1ccc1c(S(=O)(=O)[O-])cc(S(=O)(=O)[O-])cc21. The van der Waals surface area contributed by atoms with E-state index in [-0.39, 0.29) is 47.3 Å². The number of fused-ring (bicyclic) bond motifs is 4. The molecule has 0 saturated carbocycles. The first-order valence-corrected chi connectivity index (χ1v) is 53.3. The van der Waals surface area contributed by atoms with Crippen molar-refractivity contribution in [1.29, 1.82) is 0 Å². The summed E-state index contributed by atoms with van der Waals surface area (Å²) in [6.45, 7) is 30.4. The number of amides is 3. The van der Waals surface area contributed by atoms with Crippen molar-refractivity contribution >= 4 is 81.9 Å². The number of ether oxygens (including phenoxy) is 24. The largest absolute Gasteiger partial charge is 0.744 e. The molecule has 810 valence electrons. The lowest BCUT2D eigenvalue weighted by Crippen LogP contribution is -2.32. The number of carbonyl (C=O) groups is 4. The zero-order valence-electron chi connectivity index (χ0n) is 83.6. The Kier molecular flexibility index (Phi) is 65.7. The molecule has 42 nitrogen and oxygen atoms in total. The lowest BCUT2D eigenvalue weighted by molar-refractivity contribution is -0.438. The van der Waals surface area contributed by atoms with E-state index < -0.39 is 68.8 Å². The number of allylic oxidation sites excluding steroid dienone is 6. The number of methoxy groups -OCH3 is 1. The number of anilines is 1. The van der Waals surface area contributed by atoms with E-state index in [1.165, 1.54) is 18.2 Å². The third-order valence-electron chi connectivity index (χ3n) is 22.1.